The fourth-order valence-electron chi connectivity index (χ4n) is 1.68. The second kappa shape index (κ2) is 5.87. The highest BCUT2D eigenvalue weighted by molar-refractivity contribution is 9.10. The molecule has 2 aromatic rings. The van der Waals surface area contributed by atoms with Crippen molar-refractivity contribution in [2.24, 2.45) is 0 Å². The van der Waals surface area contributed by atoms with Gasteiger partial charge in [0.05, 0.1) is 16.4 Å². The van der Waals surface area contributed by atoms with Crippen molar-refractivity contribution in [2.45, 2.75) is 20.4 Å². The molecule has 0 aliphatic rings. The maximum absolute atomic E-state index is 6.02. The summed E-state index contributed by atoms with van der Waals surface area (Å²) in [5.74, 6) is 0. The van der Waals surface area contributed by atoms with E-state index in [9.17, 15) is 0 Å². The van der Waals surface area contributed by atoms with Gasteiger partial charge in [0.1, 0.15) is 0 Å². The van der Waals surface area contributed by atoms with Gasteiger partial charge >= 0.3 is 0 Å². The second-order valence-corrected chi connectivity index (χ2v) is 5.33. The fraction of sp³-hybridized carbons (Fsp3) is 0.308. The van der Waals surface area contributed by atoms with Gasteiger partial charge in [-0.15, -0.1) is 0 Å². The minimum absolute atomic E-state index is 0.679. The molecular weight excluding hydrogens is 314 g/mol. The van der Waals surface area contributed by atoms with Crippen LogP contribution in [0.25, 0.3) is 5.69 Å². The number of aromatic nitrogens is 2. The number of nitrogens with one attached hydrogen (secondary N) is 1. The summed E-state index contributed by atoms with van der Waals surface area (Å²) in [7, 11) is 0. The SMILES string of the molecule is CCNCc1ccc(-n2cc(Cl)c(C)n2)c(Br)c1. The first-order valence-corrected chi connectivity index (χ1v) is 7.00. The molecule has 2 rings (SSSR count). The molecular formula is C13H15BrClN3. The molecule has 3 nitrogen and oxygen atoms in total. The normalized spacial score (nSPS) is 10.9. The lowest BCUT2D eigenvalue weighted by Crippen LogP contribution is -2.11. The van der Waals surface area contributed by atoms with Crippen molar-refractivity contribution in [1.82, 2.24) is 15.1 Å². The van der Waals surface area contributed by atoms with Crippen LogP contribution in [0.1, 0.15) is 18.2 Å². The number of hydrogen-bond acceptors (Lipinski definition) is 2. The van der Waals surface area contributed by atoms with E-state index in [2.05, 4.69) is 45.4 Å². The van der Waals surface area contributed by atoms with Crippen LogP contribution in [0.4, 0.5) is 0 Å². The molecule has 1 heterocycles. The fourth-order valence-corrected chi connectivity index (χ4v) is 2.42. The molecule has 0 bridgehead atoms. The molecule has 0 fully saturated rings. The van der Waals surface area contributed by atoms with Crippen molar-refractivity contribution in [2.75, 3.05) is 6.54 Å². The average molecular weight is 329 g/mol. The summed E-state index contributed by atoms with van der Waals surface area (Å²) < 4.78 is 2.80. The monoisotopic (exact) mass is 327 g/mol. The van der Waals surface area contributed by atoms with Crippen molar-refractivity contribution in [3.63, 3.8) is 0 Å². The molecule has 5 heteroatoms. The van der Waals surface area contributed by atoms with Crippen LogP contribution >= 0.6 is 27.5 Å². The van der Waals surface area contributed by atoms with Gasteiger partial charge in [-0.2, -0.15) is 5.10 Å². The van der Waals surface area contributed by atoms with Gasteiger partial charge in [0.15, 0.2) is 0 Å². The molecule has 0 aliphatic carbocycles. The van der Waals surface area contributed by atoms with Crippen LogP contribution in [0.3, 0.4) is 0 Å². The van der Waals surface area contributed by atoms with Crippen LogP contribution < -0.4 is 5.32 Å². The average Bonchev–Trinajstić information content (AvgIpc) is 2.67. The Kier molecular flexibility index (Phi) is 4.43. The molecule has 1 aromatic carbocycles. The van der Waals surface area contributed by atoms with Crippen LogP contribution in [-0.2, 0) is 6.54 Å². The second-order valence-electron chi connectivity index (χ2n) is 4.07. The first kappa shape index (κ1) is 13.6. The Morgan fingerprint density at radius 2 is 2.22 bits per heavy atom. The molecule has 1 aromatic heterocycles. The topological polar surface area (TPSA) is 29.9 Å². The Labute approximate surface area is 120 Å². The molecule has 1 N–H and O–H groups in total. The number of aryl methyl sites for hydroxylation is 1. The minimum atomic E-state index is 0.679. The van der Waals surface area contributed by atoms with Gasteiger partial charge in [0.25, 0.3) is 0 Å². The molecule has 96 valence electrons. The van der Waals surface area contributed by atoms with Gasteiger partial charge in [-0.3, -0.25) is 0 Å². The predicted molar refractivity (Wildman–Crippen MR) is 78.4 cm³/mol. The molecule has 18 heavy (non-hydrogen) atoms. The Hall–Kier alpha value is -0.840. The Morgan fingerprint density at radius 3 is 2.78 bits per heavy atom. The van der Waals surface area contributed by atoms with Crippen molar-refractivity contribution in [1.29, 1.82) is 0 Å². The third kappa shape index (κ3) is 2.94. The van der Waals surface area contributed by atoms with E-state index in [-0.39, 0.29) is 0 Å². The van der Waals surface area contributed by atoms with E-state index in [1.807, 2.05) is 19.2 Å². The smallest absolute Gasteiger partial charge is 0.0819 e. The summed E-state index contributed by atoms with van der Waals surface area (Å²) in [6.45, 7) is 5.83. The highest BCUT2D eigenvalue weighted by atomic mass is 79.9. The van der Waals surface area contributed by atoms with Crippen molar-refractivity contribution < 1.29 is 0 Å². The summed E-state index contributed by atoms with van der Waals surface area (Å²) >= 11 is 9.60. The maximum Gasteiger partial charge on any atom is 0.0819 e. The van der Waals surface area contributed by atoms with Gasteiger partial charge in [-0.25, -0.2) is 4.68 Å². The summed E-state index contributed by atoms with van der Waals surface area (Å²) in [6.07, 6.45) is 1.82. The molecule has 0 unspecified atom stereocenters. The van der Waals surface area contributed by atoms with Gasteiger partial charge in [0.2, 0.25) is 0 Å². The first-order valence-electron chi connectivity index (χ1n) is 5.83. The number of rotatable bonds is 4. The van der Waals surface area contributed by atoms with Crippen LogP contribution in [0.2, 0.25) is 5.02 Å². The van der Waals surface area contributed by atoms with E-state index in [0.717, 1.165) is 28.9 Å². The van der Waals surface area contributed by atoms with Crippen molar-refractivity contribution >= 4 is 27.5 Å². The van der Waals surface area contributed by atoms with E-state index in [1.165, 1.54) is 5.56 Å². The number of hydrogen-bond donors (Lipinski definition) is 1. The molecule has 0 saturated heterocycles. The summed E-state index contributed by atoms with van der Waals surface area (Å²) in [4.78, 5) is 0. The molecule has 0 amide bonds. The van der Waals surface area contributed by atoms with Crippen LogP contribution in [-0.4, -0.2) is 16.3 Å². The highest BCUT2D eigenvalue weighted by Gasteiger charge is 2.07. The Bertz CT molecular complexity index is 532. The number of nitrogens with zero attached hydrogens (tertiary/aromatic N) is 2. The lowest BCUT2D eigenvalue weighted by Gasteiger charge is -2.08. The molecule has 0 atom stereocenters. The first-order chi connectivity index (χ1) is 8.61. The van der Waals surface area contributed by atoms with E-state index in [0.29, 0.717) is 5.02 Å². The van der Waals surface area contributed by atoms with Crippen molar-refractivity contribution in [3.05, 3.63) is 45.1 Å². The quantitative estimate of drug-likeness (QED) is 0.927. The van der Waals surface area contributed by atoms with E-state index >= 15 is 0 Å². The van der Waals surface area contributed by atoms with Crippen molar-refractivity contribution in [3.8, 4) is 5.69 Å². The Balaban J connectivity index is 2.29. The Morgan fingerprint density at radius 1 is 1.44 bits per heavy atom. The predicted octanol–water partition coefficient (Wildman–Crippen LogP) is 3.71. The number of benzene rings is 1. The third-order valence-corrected chi connectivity index (χ3v) is 3.68. The maximum atomic E-state index is 6.02. The van der Waals surface area contributed by atoms with Crippen LogP contribution in [0.15, 0.2) is 28.9 Å². The van der Waals surface area contributed by atoms with E-state index in [4.69, 9.17) is 11.6 Å². The van der Waals surface area contributed by atoms with Gasteiger partial charge < -0.3 is 5.32 Å². The van der Waals surface area contributed by atoms with Gasteiger partial charge in [-0.05, 0) is 47.1 Å². The lowest BCUT2D eigenvalue weighted by molar-refractivity contribution is 0.726. The minimum Gasteiger partial charge on any atom is -0.313 e. The molecule has 0 spiro atoms. The van der Waals surface area contributed by atoms with Crippen LogP contribution in [0, 0.1) is 6.92 Å². The molecule has 0 radical (unpaired) electrons. The van der Waals surface area contributed by atoms with Crippen LogP contribution in [0.5, 0.6) is 0 Å². The summed E-state index contributed by atoms with van der Waals surface area (Å²) in [5, 5.41) is 8.35. The largest absolute Gasteiger partial charge is 0.313 e. The zero-order valence-electron chi connectivity index (χ0n) is 10.4. The standard InChI is InChI=1S/C13H15BrClN3/c1-3-16-7-10-4-5-13(11(14)6-10)18-8-12(15)9(2)17-18/h4-6,8,16H,3,7H2,1-2H3. The summed E-state index contributed by atoms with van der Waals surface area (Å²) in [6, 6.07) is 6.23. The number of halogens is 2. The summed E-state index contributed by atoms with van der Waals surface area (Å²) in [5.41, 5.74) is 3.06. The van der Waals surface area contributed by atoms with Gasteiger partial charge in [-0.1, -0.05) is 24.6 Å². The third-order valence-electron chi connectivity index (χ3n) is 2.68. The zero-order chi connectivity index (χ0) is 13.1. The lowest BCUT2D eigenvalue weighted by atomic mass is 10.2. The van der Waals surface area contributed by atoms with E-state index in [1.54, 1.807) is 4.68 Å². The molecule has 0 aliphatic heterocycles. The highest BCUT2D eigenvalue weighted by Crippen LogP contribution is 2.24. The van der Waals surface area contributed by atoms with E-state index < -0.39 is 0 Å². The zero-order valence-corrected chi connectivity index (χ0v) is 12.7. The van der Waals surface area contributed by atoms with Gasteiger partial charge in [0, 0.05) is 17.2 Å². The molecule has 0 saturated carbocycles.